The second-order valence-corrected chi connectivity index (χ2v) is 10.6. The average molecular weight is 472 g/mol. The minimum Gasteiger partial charge on any atom is -0.316 e. The zero-order chi connectivity index (χ0) is 23.1. The molecule has 5 nitrogen and oxygen atoms in total. The fraction of sp³-hybridized carbons (Fsp3) is 0.400. The normalized spacial score (nSPS) is 12.6. The van der Waals surface area contributed by atoms with Crippen LogP contribution in [0.1, 0.15) is 45.6 Å². The van der Waals surface area contributed by atoms with Crippen LogP contribution in [0.2, 0.25) is 0 Å². The van der Waals surface area contributed by atoms with Gasteiger partial charge in [-0.05, 0) is 43.2 Å². The molecule has 3 rings (SSSR count). The Morgan fingerprint density at radius 1 is 0.938 bits per heavy atom. The largest absolute Gasteiger partial charge is 0.316 e. The summed E-state index contributed by atoms with van der Waals surface area (Å²) >= 11 is 1.62. The molecular formula is C25H33N3O2S2. The molecule has 0 N–H and O–H groups in total. The fourth-order valence-corrected chi connectivity index (χ4v) is 6.04. The molecule has 0 aliphatic heterocycles. The van der Waals surface area contributed by atoms with E-state index < -0.39 is 10.0 Å². The molecular weight excluding hydrogens is 438 g/mol. The second-order valence-electron chi connectivity index (χ2n) is 7.82. The van der Waals surface area contributed by atoms with Gasteiger partial charge in [-0.2, -0.15) is 4.31 Å². The molecule has 0 fully saturated rings. The number of unbranched alkanes of at least 4 members (excludes halogenated alkanes) is 2. The highest BCUT2D eigenvalue weighted by Gasteiger charge is 2.21. The molecule has 0 aliphatic rings. The third kappa shape index (κ3) is 5.57. The van der Waals surface area contributed by atoms with E-state index in [-0.39, 0.29) is 0 Å². The predicted molar refractivity (Wildman–Crippen MR) is 134 cm³/mol. The van der Waals surface area contributed by atoms with E-state index in [1.165, 1.54) is 9.87 Å². The van der Waals surface area contributed by atoms with E-state index in [2.05, 4.69) is 35.9 Å². The quantitative estimate of drug-likeness (QED) is 0.342. The van der Waals surface area contributed by atoms with Crippen molar-refractivity contribution in [2.45, 2.75) is 58.4 Å². The van der Waals surface area contributed by atoms with Crippen molar-refractivity contribution in [3.05, 3.63) is 64.3 Å². The molecule has 1 aromatic heterocycles. The highest BCUT2D eigenvalue weighted by molar-refractivity contribution is 7.89. The summed E-state index contributed by atoms with van der Waals surface area (Å²) in [5, 5.41) is 2.12. The summed E-state index contributed by atoms with van der Waals surface area (Å²) in [5.41, 5.74) is 4.23. The van der Waals surface area contributed by atoms with Crippen molar-refractivity contribution < 1.29 is 8.42 Å². The van der Waals surface area contributed by atoms with E-state index in [4.69, 9.17) is 4.99 Å². The van der Waals surface area contributed by atoms with Gasteiger partial charge >= 0.3 is 0 Å². The van der Waals surface area contributed by atoms with E-state index in [0.717, 1.165) is 47.6 Å². The highest BCUT2D eigenvalue weighted by atomic mass is 32.2. The van der Waals surface area contributed by atoms with Crippen molar-refractivity contribution in [2.24, 2.45) is 4.99 Å². The number of benzene rings is 2. The summed E-state index contributed by atoms with van der Waals surface area (Å²) in [6.45, 7) is 9.81. The summed E-state index contributed by atoms with van der Waals surface area (Å²) in [7, 11) is -3.46. The Bertz CT molecular complexity index is 1170. The van der Waals surface area contributed by atoms with Gasteiger partial charge in [-0.25, -0.2) is 13.4 Å². The Morgan fingerprint density at radius 2 is 1.59 bits per heavy atom. The summed E-state index contributed by atoms with van der Waals surface area (Å²) in [5.74, 6) is 0. The van der Waals surface area contributed by atoms with Crippen LogP contribution in [0, 0.1) is 6.92 Å². The lowest BCUT2D eigenvalue weighted by Crippen LogP contribution is -2.30. The number of nitrogens with zero attached hydrogens (tertiary/aromatic N) is 3. The third-order valence-corrected chi connectivity index (χ3v) is 8.46. The van der Waals surface area contributed by atoms with Crippen molar-refractivity contribution in [1.29, 1.82) is 0 Å². The minimum atomic E-state index is -3.46. The molecule has 0 radical (unpaired) electrons. The Hall–Kier alpha value is -2.22. The van der Waals surface area contributed by atoms with Gasteiger partial charge < -0.3 is 4.57 Å². The summed E-state index contributed by atoms with van der Waals surface area (Å²) in [6.07, 6.45) is 3.39. The maximum absolute atomic E-state index is 12.8. The van der Waals surface area contributed by atoms with E-state index in [0.29, 0.717) is 18.0 Å². The van der Waals surface area contributed by atoms with Gasteiger partial charge in [0, 0.05) is 25.0 Å². The smallest absolute Gasteiger partial charge is 0.243 e. The summed E-state index contributed by atoms with van der Waals surface area (Å²) in [4.78, 5) is 6.18. The number of hydrogen-bond acceptors (Lipinski definition) is 4. The van der Waals surface area contributed by atoms with Gasteiger partial charge in [0.2, 0.25) is 10.0 Å². The number of aromatic nitrogens is 1. The van der Waals surface area contributed by atoms with Gasteiger partial charge in [0.1, 0.15) is 0 Å². The topological polar surface area (TPSA) is 54.7 Å². The molecule has 3 aromatic rings. The molecule has 0 spiro atoms. The zero-order valence-corrected chi connectivity index (χ0v) is 21.0. The lowest BCUT2D eigenvalue weighted by Gasteiger charge is -2.18. The van der Waals surface area contributed by atoms with Crippen LogP contribution in [-0.2, 0) is 16.6 Å². The first-order valence-electron chi connectivity index (χ1n) is 11.3. The molecule has 172 valence electrons. The number of thiazole rings is 1. The number of aryl methyl sites for hydroxylation is 1. The molecule has 0 atom stereocenters. The molecule has 7 heteroatoms. The van der Waals surface area contributed by atoms with Crippen LogP contribution in [0.5, 0.6) is 0 Å². The molecule has 0 unspecified atom stereocenters. The van der Waals surface area contributed by atoms with Crippen molar-refractivity contribution in [2.75, 3.05) is 13.1 Å². The van der Waals surface area contributed by atoms with Crippen molar-refractivity contribution in [3.8, 4) is 11.3 Å². The van der Waals surface area contributed by atoms with Crippen LogP contribution in [0.15, 0.2) is 63.8 Å². The monoisotopic (exact) mass is 471 g/mol. The van der Waals surface area contributed by atoms with Crippen molar-refractivity contribution >= 4 is 27.0 Å². The molecule has 0 bridgehead atoms. The predicted octanol–water partition coefficient (Wildman–Crippen LogP) is 5.98. The van der Waals surface area contributed by atoms with E-state index >= 15 is 0 Å². The third-order valence-electron chi connectivity index (χ3n) is 5.53. The molecule has 32 heavy (non-hydrogen) atoms. The van der Waals surface area contributed by atoms with Crippen molar-refractivity contribution in [1.82, 2.24) is 8.87 Å². The number of hydrogen-bond donors (Lipinski definition) is 0. The standard InChI is InChI=1S/C25H33N3O2S2/c1-5-8-9-18-28-24(19-31-25(28)26-22-14-10-20(4)11-15-22)21-12-16-23(17-13-21)32(29,30)27(6-2)7-3/h10-17,19H,5-9,18H2,1-4H3. The lowest BCUT2D eigenvalue weighted by molar-refractivity contribution is 0.445. The summed E-state index contributed by atoms with van der Waals surface area (Å²) in [6, 6.07) is 15.5. The van der Waals surface area contributed by atoms with Crippen LogP contribution < -0.4 is 4.80 Å². The van der Waals surface area contributed by atoms with Gasteiger partial charge in [-0.15, -0.1) is 11.3 Å². The number of sulfonamides is 1. The molecule has 2 aromatic carbocycles. The first-order chi connectivity index (χ1) is 15.4. The first kappa shape index (κ1) is 24.4. The van der Waals surface area contributed by atoms with Crippen molar-refractivity contribution in [3.63, 3.8) is 0 Å². The molecule has 0 amide bonds. The second kappa shape index (κ2) is 11.1. The molecule has 0 aliphatic carbocycles. The fourth-order valence-electron chi connectivity index (χ4n) is 3.63. The number of rotatable bonds is 10. The van der Waals surface area contributed by atoms with E-state index in [9.17, 15) is 8.42 Å². The maximum Gasteiger partial charge on any atom is 0.243 e. The molecule has 1 heterocycles. The van der Waals surface area contributed by atoms with Gasteiger partial charge in [0.05, 0.1) is 16.3 Å². The van der Waals surface area contributed by atoms with Gasteiger partial charge in [0.15, 0.2) is 4.80 Å². The van der Waals surface area contributed by atoms with Crippen LogP contribution in [0.25, 0.3) is 11.3 Å². The van der Waals surface area contributed by atoms with E-state index in [1.807, 2.05) is 38.1 Å². The van der Waals surface area contributed by atoms with Gasteiger partial charge in [-0.1, -0.05) is 63.4 Å². The van der Waals surface area contributed by atoms with Crippen LogP contribution in [0.4, 0.5) is 5.69 Å². The Morgan fingerprint density at radius 3 is 2.19 bits per heavy atom. The van der Waals surface area contributed by atoms with E-state index in [1.54, 1.807) is 23.5 Å². The minimum absolute atomic E-state index is 0.335. The Labute approximate surface area is 196 Å². The molecule has 0 saturated heterocycles. The van der Waals surface area contributed by atoms with Crippen LogP contribution >= 0.6 is 11.3 Å². The Balaban J connectivity index is 2.00. The van der Waals surface area contributed by atoms with Gasteiger partial charge in [0.25, 0.3) is 0 Å². The zero-order valence-electron chi connectivity index (χ0n) is 19.4. The highest BCUT2D eigenvalue weighted by Crippen LogP contribution is 2.25. The lowest BCUT2D eigenvalue weighted by atomic mass is 10.1. The first-order valence-corrected chi connectivity index (χ1v) is 13.6. The SMILES string of the molecule is CCCCCn1c(-c2ccc(S(=O)(=O)N(CC)CC)cc2)csc1=Nc1ccc(C)cc1. The Kier molecular flexibility index (Phi) is 8.45. The molecule has 0 saturated carbocycles. The summed E-state index contributed by atoms with van der Waals surface area (Å²) < 4.78 is 29.4. The van der Waals surface area contributed by atoms with Crippen LogP contribution in [0.3, 0.4) is 0 Å². The maximum atomic E-state index is 12.8. The average Bonchev–Trinajstić information content (AvgIpc) is 3.18. The van der Waals surface area contributed by atoms with Gasteiger partial charge in [-0.3, -0.25) is 0 Å². The van der Waals surface area contributed by atoms with Crippen LogP contribution in [-0.4, -0.2) is 30.4 Å².